The molecule has 1 aromatic heterocycles. The molecular weight excluding hydrogens is 488 g/mol. The molecule has 0 spiro atoms. The van der Waals surface area contributed by atoms with Gasteiger partial charge in [0.15, 0.2) is 0 Å². The van der Waals surface area contributed by atoms with Crippen LogP contribution in [0.1, 0.15) is 28.4 Å². The fourth-order valence-corrected chi connectivity index (χ4v) is 5.18. The SMILES string of the molecule is CCN(C(=O)c1ccccc1Cl)c1nnc(-c2cc(C)c(OCCN3CC(C(=O)O)C3)c(C)c2)s1. The van der Waals surface area contributed by atoms with Gasteiger partial charge in [-0.15, -0.1) is 10.2 Å². The maximum atomic E-state index is 13.1. The van der Waals surface area contributed by atoms with E-state index >= 15 is 0 Å². The van der Waals surface area contributed by atoms with Crippen molar-refractivity contribution in [1.82, 2.24) is 15.1 Å². The van der Waals surface area contributed by atoms with Crippen molar-refractivity contribution in [2.45, 2.75) is 20.8 Å². The second-order valence-corrected chi connectivity index (χ2v) is 9.86. The highest BCUT2D eigenvalue weighted by atomic mass is 35.5. The van der Waals surface area contributed by atoms with Crippen LogP contribution in [0.2, 0.25) is 5.02 Å². The van der Waals surface area contributed by atoms with E-state index in [-0.39, 0.29) is 11.8 Å². The molecule has 10 heteroatoms. The number of rotatable bonds is 9. The van der Waals surface area contributed by atoms with E-state index in [1.54, 1.807) is 29.2 Å². The number of aliphatic carboxylic acids is 1. The van der Waals surface area contributed by atoms with Crippen molar-refractivity contribution in [2.75, 3.05) is 37.7 Å². The van der Waals surface area contributed by atoms with Gasteiger partial charge in [-0.3, -0.25) is 19.4 Å². The molecule has 1 amide bonds. The van der Waals surface area contributed by atoms with Gasteiger partial charge in [0.2, 0.25) is 5.13 Å². The standard InChI is InChI=1S/C25H27ClN4O4S/c1-4-30(23(31)19-7-5-6-8-20(19)26)25-28-27-22(35-25)17-11-15(2)21(16(3)12-17)34-10-9-29-13-18(14-29)24(32)33/h5-8,11-12,18H,4,9-10,13-14H2,1-3H3,(H,32,33). The molecule has 0 atom stereocenters. The Balaban J connectivity index is 1.44. The minimum atomic E-state index is -0.737. The van der Waals surface area contributed by atoms with E-state index in [0.29, 0.717) is 53.5 Å². The zero-order valence-electron chi connectivity index (χ0n) is 19.8. The van der Waals surface area contributed by atoms with Crippen LogP contribution in [0.4, 0.5) is 5.13 Å². The van der Waals surface area contributed by atoms with Crippen LogP contribution < -0.4 is 9.64 Å². The molecule has 3 aromatic rings. The normalized spacial score (nSPS) is 13.9. The molecule has 2 heterocycles. The number of carboxylic acids is 1. The molecular formula is C25H27ClN4O4S. The minimum Gasteiger partial charge on any atom is -0.492 e. The van der Waals surface area contributed by atoms with Gasteiger partial charge in [-0.25, -0.2) is 0 Å². The number of likely N-dealkylation sites (tertiary alicyclic amines) is 1. The summed E-state index contributed by atoms with van der Waals surface area (Å²) < 4.78 is 6.03. The molecule has 1 N–H and O–H groups in total. The van der Waals surface area contributed by atoms with Crippen molar-refractivity contribution in [3.05, 3.63) is 58.1 Å². The lowest BCUT2D eigenvalue weighted by Crippen LogP contribution is -2.51. The summed E-state index contributed by atoms with van der Waals surface area (Å²) in [6.45, 7) is 8.62. The van der Waals surface area contributed by atoms with Gasteiger partial charge in [0, 0.05) is 31.7 Å². The minimum absolute atomic E-state index is 0.214. The van der Waals surface area contributed by atoms with E-state index in [0.717, 1.165) is 22.4 Å². The molecule has 1 aliphatic heterocycles. The fourth-order valence-electron chi connectivity index (χ4n) is 4.07. The number of ether oxygens (including phenoxy) is 1. The van der Waals surface area contributed by atoms with Crippen molar-refractivity contribution in [1.29, 1.82) is 0 Å². The summed E-state index contributed by atoms with van der Waals surface area (Å²) in [5.74, 6) is -0.399. The highest BCUT2D eigenvalue weighted by Gasteiger charge is 2.32. The molecule has 0 aliphatic carbocycles. The van der Waals surface area contributed by atoms with Crippen molar-refractivity contribution in [3.8, 4) is 16.3 Å². The van der Waals surface area contributed by atoms with Crippen molar-refractivity contribution in [3.63, 3.8) is 0 Å². The predicted molar refractivity (Wildman–Crippen MR) is 137 cm³/mol. The van der Waals surface area contributed by atoms with Crippen LogP contribution in [0.5, 0.6) is 5.75 Å². The number of amides is 1. The van der Waals surface area contributed by atoms with Gasteiger partial charge < -0.3 is 9.84 Å². The Kier molecular flexibility index (Phi) is 7.69. The van der Waals surface area contributed by atoms with Crippen LogP contribution in [0.25, 0.3) is 10.6 Å². The first-order valence-corrected chi connectivity index (χ1v) is 12.6. The lowest BCUT2D eigenvalue weighted by Gasteiger charge is -2.36. The number of halogens is 1. The number of hydrogen-bond acceptors (Lipinski definition) is 7. The van der Waals surface area contributed by atoms with Crippen LogP contribution in [-0.2, 0) is 4.79 Å². The molecule has 0 bridgehead atoms. The zero-order chi connectivity index (χ0) is 25.1. The van der Waals surface area contributed by atoms with Crippen LogP contribution in [-0.4, -0.2) is 64.9 Å². The molecule has 1 aliphatic rings. The van der Waals surface area contributed by atoms with Crippen LogP contribution >= 0.6 is 22.9 Å². The summed E-state index contributed by atoms with van der Waals surface area (Å²) in [6, 6.07) is 11.0. The molecule has 8 nitrogen and oxygen atoms in total. The third kappa shape index (κ3) is 5.47. The maximum absolute atomic E-state index is 13.1. The Morgan fingerprint density at radius 1 is 1.20 bits per heavy atom. The van der Waals surface area contributed by atoms with Gasteiger partial charge >= 0.3 is 5.97 Å². The quantitative estimate of drug-likeness (QED) is 0.448. The van der Waals surface area contributed by atoms with Crippen molar-refractivity contribution in [2.24, 2.45) is 5.92 Å². The average molecular weight is 515 g/mol. The molecule has 2 aromatic carbocycles. The zero-order valence-corrected chi connectivity index (χ0v) is 21.4. The first kappa shape index (κ1) is 25.1. The van der Waals surface area contributed by atoms with Crippen LogP contribution in [0, 0.1) is 19.8 Å². The number of nitrogens with zero attached hydrogens (tertiary/aromatic N) is 4. The third-order valence-corrected chi connectivity index (χ3v) is 7.30. The second kappa shape index (κ2) is 10.7. The Labute approximate surface area is 213 Å². The van der Waals surface area contributed by atoms with E-state index in [1.165, 1.54) is 11.3 Å². The summed E-state index contributed by atoms with van der Waals surface area (Å²) in [5.41, 5.74) is 3.29. The largest absolute Gasteiger partial charge is 0.492 e. The topological polar surface area (TPSA) is 95.9 Å². The first-order valence-electron chi connectivity index (χ1n) is 11.4. The maximum Gasteiger partial charge on any atom is 0.309 e. The number of anilines is 1. The Morgan fingerprint density at radius 2 is 1.89 bits per heavy atom. The van der Waals surface area contributed by atoms with Crippen LogP contribution in [0.3, 0.4) is 0 Å². The van der Waals surface area contributed by atoms with E-state index in [1.807, 2.05) is 32.9 Å². The van der Waals surface area contributed by atoms with E-state index in [2.05, 4.69) is 15.1 Å². The van der Waals surface area contributed by atoms with Crippen LogP contribution in [0.15, 0.2) is 36.4 Å². The molecule has 4 rings (SSSR count). The van der Waals surface area contributed by atoms with E-state index in [4.69, 9.17) is 21.4 Å². The number of aromatic nitrogens is 2. The van der Waals surface area contributed by atoms with Gasteiger partial charge in [0.05, 0.1) is 16.5 Å². The van der Waals surface area contributed by atoms with Crippen molar-refractivity contribution >= 4 is 39.9 Å². The Morgan fingerprint density at radius 3 is 2.51 bits per heavy atom. The summed E-state index contributed by atoms with van der Waals surface area (Å²) in [4.78, 5) is 27.6. The number of carboxylic acid groups (broad SMARTS) is 1. The Bertz CT molecular complexity index is 1220. The summed E-state index contributed by atoms with van der Waals surface area (Å²) in [5, 5.41) is 19.2. The summed E-state index contributed by atoms with van der Waals surface area (Å²) >= 11 is 7.57. The number of carbonyl (C=O) groups excluding carboxylic acids is 1. The van der Waals surface area contributed by atoms with Gasteiger partial charge in [-0.2, -0.15) is 0 Å². The smallest absolute Gasteiger partial charge is 0.309 e. The number of carbonyl (C=O) groups is 2. The predicted octanol–water partition coefficient (Wildman–Crippen LogP) is 4.54. The van der Waals surface area contributed by atoms with E-state index < -0.39 is 5.97 Å². The van der Waals surface area contributed by atoms with Gasteiger partial charge in [-0.1, -0.05) is 35.1 Å². The van der Waals surface area contributed by atoms with Gasteiger partial charge in [0.25, 0.3) is 5.91 Å². The summed E-state index contributed by atoms with van der Waals surface area (Å²) in [6.07, 6.45) is 0. The number of hydrogen-bond donors (Lipinski definition) is 1. The first-order chi connectivity index (χ1) is 16.8. The second-order valence-electron chi connectivity index (χ2n) is 8.50. The number of aryl methyl sites for hydroxylation is 2. The fraction of sp³-hybridized carbons (Fsp3) is 0.360. The third-order valence-electron chi connectivity index (χ3n) is 5.98. The highest BCUT2D eigenvalue weighted by molar-refractivity contribution is 7.18. The monoisotopic (exact) mass is 514 g/mol. The molecule has 35 heavy (non-hydrogen) atoms. The lowest BCUT2D eigenvalue weighted by atomic mass is 10.0. The number of benzene rings is 2. The summed E-state index contributed by atoms with van der Waals surface area (Å²) in [7, 11) is 0. The van der Waals surface area contributed by atoms with Crippen molar-refractivity contribution < 1.29 is 19.4 Å². The molecule has 1 saturated heterocycles. The average Bonchev–Trinajstić information content (AvgIpc) is 3.27. The van der Waals surface area contributed by atoms with E-state index in [9.17, 15) is 9.59 Å². The molecule has 1 fully saturated rings. The molecule has 0 radical (unpaired) electrons. The Hall–Kier alpha value is -3.01. The van der Waals surface area contributed by atoms with Gasteiger partial charge in [0.1, 0.15) is 17.4 Å². The lowest BCUT2D eigenvalue weighted by molar-refractivity contribution is -0.147. The molecule has 0 saturated carbocycles. The molecule has 0 unspecified atom stereocenters. The molecule has 184 valence electrons. The van der Waals surface area contributed by atoms with Gasteiger partial charge in [-0.05, 0) is 56.2 Å². The highest BCUT2D eigenvalue weighted by Crippen LogP contribution is 2.34.